The minimum atomic E-state index is 0.166. The first-order valence-electron chi connectivity index (χ1n) is 8.05. The SMILES string of the molecule is CN1CC(C(=O)Cc2cc3cc(-c4cnnn4C)ccc3cn2)C1. The van der Waals surface area contributed by atoms with Gasteiger partial charge < -0.3 is 4.90 Å². The van der Waals surface area contributed by atoms with E-state index in [4.69, 9.17) is 0 Å². The van der Waals surface area contributed by atoms with Gasteiger partial charge in [-0.25, -0.2) is 4.68 Å². The number of ketones is 1. The topological polar surface area (TPSA) is 63.9 Å². The molecule has 1 aliphatic heterocycles. The normalized spacial score (nSPS) is 15.6. The van der Waals surface area contributed by atoms with E-state index in [1.807, 2.05) is 38.5 Å². The lowest BCUT2D eigenvalue weighted by atomic mass is 9.92. The number of nitrogens with zero attached hydrogens (tertiary/aromatic N) is 5. The van der Waals surface area contributed by atoms with E-state index < -0.39 is 0 Å². The van der Waals surface area contributed by atoms with Gasteiger partial charge in [0, 0.05) is 55.3 Å². The third-order valence-electron chi connectivity index (χ3n) is 4.66. The van der Waals surface area contributed by atoms with Crippen molar-refractivity contribution in [3.8, 4) is 11.3 Å². The Bertz CT molecular complexity index is 911. The number of aromatic nitrogens is 4. The molecule has 0 bridgehead atoms. The highest BCUT2D eigenvalue weighted by atomic mass is 16.1. The quantitative estimate of drug-likeness (QED) is 0.732. The molecule has 3 heterocycles. The molecule has 1 saturated heterocycles. The highest BCUT2D eigenvalue weighted by Crippen LogP contribution is 2.24. The van der Waals surface area contributed by atoms with Gasteiger partial charge in [0.15, 0.2) is 0 Å². The van der Waals surface area contributed by atoms with E-state index in [1.165, 1.54) is 0 Å². The summed E-state index contributed by atoms with van der Waals surface area (Å²) in [7, 11) is 3.91. The van der Waals surface area contributed by atoms with Gasteiger partial charge in [0.25, 0.3) is 0 Å². The van der Waals surface area contributed by atoms with Gasteiger partial charge in [0.1, 0.15) is 5.78 Å². The highest BCUT2D eigenvalue weighted by Gasteiger charge is 2.29. The minimum Gasteiger partial charge on any atom is -0.305 e. The first-order chi connectivity index (χ1) is 11.6. The molecule has 0 unspecified atom stereocenters. The largest absolute Gasteiger partial charge is 0.305 e. The lowest BCUT2D eigenvalue weighted by molar-refractivity contribution is -0.126. The number of carbonyl (C=O) groups is 1. The highest BCUT2D eigenvalue weighted by molar-refractivity contribution is 5.88. The molecule has 1 aromatic carbocycles. The van der Waals surface area contributed by atoms with Crippen molar-refractivity contribution in [3.63, 3.8) is 0 Å². The van der Waals surface area contributed by atoms with Crippen LogP contribution in [0, 0.1) is 5.92 Å². The van der Waals surface area contributed by atoms with Gasteiger partial charge in [-0.05, 0) is 24.6 Å². The van der Waals surface area contributed by atoms with Gasteiger partial charge in [0.2, 0.25) is 0 Å². The molecule has 3 aromatic rings. The number of carbonyl (C=O) groups excluding carboxylic acids is 1. The van der Waals surface area contributed by atoms with Gasteiger partial charge in [-0.1, -0.05) is 17.3 Å². The predicted octanol–water partition coefficient (Wildman–Crippen LogP) is 1.70. The second kappa shape index (κ2) is 5.79. The van der Waals surface area contributed by atoms with Gasteiger partial charge in [-0.15, -0.1) is 5.10 Å². The summed E-state index contributed by atoms with van der Waals surface area (Å²) in [6.45, 7) is 1.73. The van der Waals surface area contributed by atoms with Gasteiger partial charge >= 0.3 is 0 Å². The third-order valence-corrected chi connectivity index (χ3v) is 4.66. The van der Waals surface area contributed by atoms with E-state index in [9.17, 15) is 4.79 Å². The number of Topliss-reactive ketones (excluding diaryl/α,β-unsaturated/α-hetero) is 1. The van der Waals surface area contributed by atoms with Crippen LogP contribution in [0.5, 0.6) is 0 Å². The molecule has 1 aliphatic rings. The molecule has 6 nitrogen and oxygen atoms in total. The number of pyridine rings is 1. The zero-order valence-corrected chi connectivity index (χ0v) is 13.8. The summed E-state index contributed by atoms with van der Waals surface area (Å²) >= 11 is 0. The number of rotatable bonds is 4. The van der Waals surface area contributed by atoms with Crippen molar-refractivity contribution in [1.29, 1.82) is 0 Å². The van der Waals surface area contributed by atoms with Crippen molar-refractivity contribution in [2.75, 3.05) is 20.1 Å². The number of aryl methyl sites for hydroxylation is 1. The van der Waals surface area contributed by atoms with E-state index >= 15 is 0 Å². The molecule has 1 fully saturated rings. The zero-order chi connectivity index (χ0) is 16.7. The molecule has 0 aliphatic carbocycles. The molecular weight excluding hydrogens is 302 g/mol. The van der Waals surface area contributed by atoms with E-state index in [0.717, 1.165) is 40.8 Å². The van der Waals surface area contributed by atoms with Crippen molar-refractivity contribution in [2.24, 2.45) is 13.0 Å². The summed E-state index contributed by atoms with van der Waals surface area (Å²) in [6, 6.07) is 8.19. The maximum atomic E-state index is 12.3. The van der Waals surface area contributed by atoms with Gasteiger partial charge in [0.05, 0.1) is 11.9 Å². The Morgan fingerprint density at radius 2 is 2.00 bits per heavy atom. The fourth-order valence-electron chi connectivity index (χ4n) is 3.22. The Balaban J connectivity index is 1.62. The van der Waals surface area contributed by atoms with Crippen LogP contribution in [0.25, 0.3) is 22.0 Å². The number of fused-ring (bicyclic) bond motifs is 1. The Labute approximate surface area is 140 Å². The zero-order valence-electron chi connectivity index (χ0n) is 13.8. The monoisotopic (exact) mass is 321 g/mol. The standard InChI is InChI=1S/C18H19N5O/c1-22-10-15(11-22)18(24)7-16-6-14-5-12(3-4-13(14)8-19-16)17-9-20-21-23(17)2/h3-6,8-9,15H,7,10-11H2,1-2H3. The fraction of sp³-hybridized carbons (Fsp3) is 0.333. The van der Waals surface area contributed by atoms with Crippen molar-refractivity contribution in [2.45, 2.75) is 6.42 Å². The van der Waals surface area contributed by atoms with Gasteiger partial charge in [-0.2, -0.15) is 0 Å². The van der Waals surface area contributed by atoms with E-state index in [1.54, 1.807) is 10.9 Å². The maximum Gasteiger partial charge on any atom is 0.144 e. The van der Waals surface area contributed by atoms with E-state index in [0.29, 0.717) is 6.42 Å². The summed E-state index contributed by atoms with van der Waals surface area (Å²) < 4.78 is 1.75. The molecule has 0 N–H and O–H groups in total. The Morgan fingerprint density at radius 1 is 1.17 bits per heavy atom. The van der Waals surface area contributed by atoms with E-state index in [-0.39, 0.29) is 11.7 Å². The Morgan fingerprint density at radius 3 is 2.71 bits per heavy atom. The number of hydrogen-bond donors (Lipinski definition) is 0. The van der Waals surface area contributed by atoms with Crippen molar-refractivity contribution in [3.05, 3.63) is 42.4 Å². The van der Waals surface area contributed by atoms with Crippen LogP contribution in [0.4, 0.5) is 0 Å². The maximum absolute atomic E-state index is 12.3. The van der Waals surface area contributed by atoms with Crippen LogP contribution < -0.4 is 0 Å². The molecule has 122 valence electrons. The molecule has 4 rings (SSSR count). The number of hydrogen-bond acceptors (Lipinski definition) is 5. The minimum absolute atomic E-state index is 0.166. The number of likely N-dealkylation sites (tertiary alicyclic amines) is 1. The second-order valence-electron chi connectivity index (χ2n) is 6.54. The molecule has 0 radical (unpaired) electrons. The summed E-state index contributed by atoms with van der Waals surface area (Å²) in [5, 5.41) is 10.0. The van der Waals surface area contributed by atoms with Crippen LogP contribution in [0.3, 0.4) is 0 Å². The van der Waals surface area contributed by atoms with Crippen molar-refractivity contribution >= 4 is 16.6 Å². The smallest absolute Gasteiger partial charge is 0.144 e. The molecule has 0 atom stereocenters. The first kappa shape index (κ1) is 15.0. The molecular formula is C18H19N5O. The molecule has 0 spiro atoms. The number of benzene rings is 1. The lowest BCUT2D eigenvalue weighted by Gasteiger charge is -2.34. The third kappa shape index (κ3) is 2.69. The summed E-state index contributed by atoms with van der Waals surface area (Å²) in [5.41, 5.74) is 2.85. The van der Waals surface area contributed by atoms with Crippen LogP contribution in [0.15, 0.2) is 36.7 Å². The molecule has 0 saturated carbocycles. The first-order valence-corrected chi connectivity index (χ1v) is 8.05. The van der Waals surface area contributed by atoms with Crippen LogP contribution in [-0.2, 0) is 18.3 Å². The van der Waals surface area contributed by atoms with Crippen LogP contribution in [0.2, 0.25) is 0 Å². The summed E-state index contributed by atoms with van der Waals surface area (Å²) in [4.78, 5) is 18.9. The predicted molar refractivity (Wildman–Crippen MR) is 91.4 cm³/mol. The van der Waals surface area contributed by atoms with Crippen LogP contribution in [-0.4, -0.2) is 50.8 Å². The second-order valence-corrected chi connectivity index (χ2v) is 6.54. The molecule has 0 amide bonds. The van der Waals surface area contributed by atoms with Crippen LogP contribution in [0.1, 0.15) is 5.69 Å². The fourth-order valence-corrected chi connectivity index (χ4v) is 3.22. The Hall–Kier alpha value is -2.60. The average molecular weight is 321 g/mol. The molecule has 6 heteroatoms. The van der Waals surface area contributed by atoms with Gasteiger partial charge in [-0.3, -0.25) is 9.78 Å². The van der Waals surface area contributed by atoms with Crippen molar-refractivity contribution in [1.82, 2.24) is 24.9 Å². The average Bonchev–Trinajstić information content (AvgIpc) is 2.97. The van der Waals surface area contributed by atoms with Crippen LogP contribution >= 0.6 is 0 Å². The Kier molecular flexibility index (Phi) is 3.61. The summed E-state index contributed by atoms with van der Waals surface area (Å²) in [5.74, 6) is 0.450. The van der Waals surface area contributed by atoms with E-state index in [2.05, 4.69) is 26.3 Å². The lowest BCUT2D eigenvalue weighted by Crippen LogP contribution is -2.48. The van der Waals surface area contributed by atoms with Crippen molar-refractivity contribution < 1.29 is 4.79 Å². The molecule has 2 aromatic heterocycles. The molecule has 24 heavy (non-hydrogen) atoms. The summed E-state index contributed by atoms with van der Waals surface area (Å²) in [6.07, 6.45) is 4.00.